The highest BCUT2D eigenvalue weighted by Gasteiger charge is 2.38. The van der Waals surface area contributed by atoms with Gasteiger partial charge in [0.1, 0.15) is 37.9 Å². The van der Waals surface area contributed by atoms with Gasteiger partial charge in [-0.05, 0) is 148 Å². The predicted octanol–water partition coefficient (Wildman–Crippen LogP) is 17.1. The lowest BCUT2D eigenvalue weighted by molar-refractivity contribution is -0.171. The van der Waals surface area contributed by atoms with Crippen LogP contribution in [0.15, 0.2) is 36.5 Å². The molecular formula is C74H127NO17. The average Bonchev–Trinajstić information content (AvgIpc) is 2.25. The molecule has 0 bridgehead atoms. The van der Waals surface area contributed by atoms with E-state index in [0.717, 1.165) is 83.8 Å². The normalized spacial score (nSPS) is 13.0. The molecule has 0 aliphatic carbocycles. The fourth-order valence-corrected chi connectivity index (χ4v) is 10.3. The Hall–Kier alpha value is -5.26. The third kappa shape index (κ3) is 54.2. The van der Waals surface area contributed by atoms with Gasteiger partial charge in [-0.2, -0.15) is 0 Å². The third-order valence-electron chi connectivity index (χ3n) is 16.1. The van der Waals surface area contributed by atoms with Crippen molar-refractivity contribution in [1.82, 2.24) is 4.90 Å². The molecule has 1 fully saturated rings. The second-order valence-electron chi connectivity index (χ2n) is 24.9. The van der Waals surface area contributed by atoms with Gasteiger partial charge in [0.15, 0.2) is 0 Å². The zero-order chi connectivity index (χ0) is 67.1. The van der Waals surface area contributed by atoms with E-state index in [2.05, 4.69) is 69.1 Å². The summed E-state index contributed by atoms with van der Waals surface area (Å²) in [5, 5.41) is 0. The molecule has 1 rings (SSSR count). The first-order chi connectivity index (χ1) is 44.8. The van der Waals surface area contributed by atoms with Crippen molar-refractivity contribution in [1.29, 1.82) is 0 Å². The highest BCUT2D eigenvalue weighted by Crippen LogP contribution is 2.25. The number of nitrogens with zero attached hydrogens (tertiary/aromatic N) is 1. The SMILES string of the molecule is CCCCC/C=C\CCOC(=O)CCCCCCC(=O)OCC(COC(=O)CCCCCCC(=O)OCC/C=C\CCCCC)(COC(=O)CCCCCCC(=O)OCC/C=C\CCCCC)COC(=O)CCC(CCCCCC)OC(=O)OCCCN1CCCC1. The number of ether oxygens (including phenoxy) is 9. The zero-order valence-electron chi connectivity index (χ0n) is 58.1. The number of hydrogen-bond acceptors (Lipinski definition) is 18. The first kappa shape index (κ1) is 84.8. The van der Waals surface area contributed by atoms with Crippen molar-refractivity contribution in [3.05, 3.63) is 36.5 Å². The van der Waals surface area contributed by atoms with Crippen LogP contribution >= 0.6 is 0 Å². The van der Waals surface area contributed by atoms with E-state index in [-0.39, 0.29) is 75.9 Å². The van der Waals surface area contributed by atoms with Crippen molar-refractivity contribution in [3.63, 3.8) is 0 Å². The molecular weight excluding hydrogens is 1170 g/mol. The Kier molecular flexibility index (Phi) is 57.0. The molecule has 0 saturated carbocycles. The van der Waals surface area contributed by atoms with Crippen molar-refractivity contribution in [2.75, 3.05) is 72.5 Å². The standard InChI is InChI=1S/C74H127NO17/c1-5-9-13-17-20-29-41-57-84-66(76)46-33-23-26-36-49-69(79)88-61-74(62-89-70(80)50-37-27-24-34-47-67(77)85-58-42-30-21-18-14-10-6-2,63-90-71(81)51-38-28-25-35-48-68(78)86-59-43-31-22-19-15-11-7-3)64-91-72(82)53-52-65(45-32-16-12-8-4)92-73(83)87-60-44-56-75-54-39-40-55-75/h20-22,29-31,65H,5-19,23-28,32-64H2,1-4H3/b29-20-,30-21-,31-22-. The Morgan fingerprint density at radius 2 is 0.641 bits per heavy atom. The number of carbonyl (C=O) groups is 8. The Labute approximate surface area is 555 Å². The van der Waals surface area contributed by atoms with Gasteiger partial charge in [0.2, 0.25) is 0 Å². The lowest BCUT2D eigenvalue weighted by atomic mass is 9.92. The maximum Gasteiger partial charge on any atom is 0.508 e. The molecule has 1 saturated heterocycles. The number of allylic oxidation sites excluding steroid dienone is 3. The summed E-state index contributed by atoms with van der Waals surface area (Å²) in [6, 6.07) is 0. The molecule has 18 nitrogen and oxygen atoms in total. The summed E-state index contributed by atoms with van der Waals surface area (Å²) in [6.45, 7) is 11.1. The number of rotatable bonds is 63. The summed E-state index contributed by atoms with van der Waals surface area (Å²) in [6.07, 6.45) is 42.5. The van der Waals surface area contributed by atoms with Gasteiger partial charge in [-0.3, -0.25) is 33.6 Å². The van der Waals surface area contributed by atoms with Crippen LogP contribution in [0.2, 0.25) is 0 Å². The molecule has 1 unspecified atom stereocenters. The summed E-state index contributed by atoms with van der Waals surface area (Å²) in [5.41, 5.74) is -1.51. The minimum absolute atomic E-state index is 0.0491. The van der Waals surface area contributed by atoms with Crippen LogP contribution < -0.4 is 0 Å². The molecule has 18 heteroatoms. The van der Waals surface area contributed by atoms with E-state index in [1.165, 1.54) is 51.4 Å². The monoisotopic (exact) mass is 1300 g/mol. The van der Waals surface area contributed by atoms with E-state index in [0.29, 0.717) is 129 Å². The number of unbranched alkanes of at least 4 members (excludes halogenated alkanes) is 21. The van der Waals surface area contributed by atoms with Gasteiger partial charge in [-0.25, -0.2) is 4.79 Å². The molecule has 1 atom stereocenters. The fraction of sp³-hybridized carbons (Fsp3) is 0.811. The Balaban J connectivity index is 3.12. The highest BCUT2D eigenvalue weighted by molar-refractivity contribution is 5.72. The molecule has 1 heterocycles. The van der Waals surface area contributed by atoms with Gasteiger partial charge < -0.3 is 47.5 Å². The highest BCUT2D eigenvalue weighted by atomic mass is 16.7. The van der Waals surface area contributed by atoms with E-state index < -0.39 is 68.0 Å². The second-order valence-corrected chi connectivity index (χ2v) is 24.9. The van der Waals surface area contributed by atoms with E-state index in [1.54, 1.807) is 0 Å². The van der Waals surface area contributed by atoms with Crippen LogP contribution in [-0.2, 0) is 76.2 Å². The van der Waals surface area contributed by atoms with E-state index in [4.69, 9.17) is 42.6 Å². The topological polar surface area (TPSA) is 223 Å². The van der Waals surface area contributed by atoms with Crippen LogP contribution in [0.1, 0.15) is 304 Å². The minimum atomic E-state index is -1.51. The Morgan fingerprint density at radius 3 is 1.00 bits per heavy atom. The smallest absolute Gasteiger partial charge is 0.465 e. The molecule has 0 spiro atoms. The molecule has 0 amide bonds. The summed E-state index contributed by atoms with van der Waals surface area (Å²) in [4.78, 5) is 106. The summed E-state index contributed by atoms with van der Waals surface area (Å²) in [5.74, 6) is -3.05. The molecule has 530 valence electrons. The molecule has 1 aliphatic rings. The van der Waals surface area contributed by atoms with Crippen molar-refractivity contribution in [2.45, 2.75) is 310 Å². The molecule has 0 aromatic carbocycles. The summed E-state index contributed by atoms with van der Waals surface area (Å²) in [7, 11) is 0. The molecule has 0 radical (unpaired) electrons. The number of carbonyl (C=O) groups excluding carboxylic acids is 8. The largest absolute Gasteiger partial charge is 0.508 e. The molecule has 0 N–H and O–H groups in total. The Morgan fingerprint density at radius 1 is 0.326 bits per heavy atom. The predicted molar refractivity (Wildman–Crippen MR) is 360 cm³/mol. The van der Waals surface area contributed by atoms with Gasteiger partial charge in [-0.15, -0.1) is 0 Å². The maximum absolute atomic E-state index is 13.8. The van der Waals surface area contributed by atoms with Crippen molar-refractivity contribution in [3.8, 4) is 0 Å². The van der Waals surface area contributed by atoms with Crippen LogP contribution in [0, 0.1) is 5.41 Å². The van der Waals surface area contributed by atoms with Crippen LogP contribution in [0.5, 0.6) is 0 Å². The van der Waals surface area contributed by atoms with Crippen LogP contribution in [0.3, 0.4) is 0 Å². The quantitative estimate of drug-likeness (QED) is 0.0239. The van der Waals surface area contributed by atoms with Crippen LogP contribution in [0.4, 0.5) is 4.79 Å². The van der Waals surface area contributed by atoms with Crippen molar-refractivity contribution >= 4 is 47.9 Å². The van der Waals surface area contributed by atoms with Gasteiger partial charge >= 0.3 is 47.9 Å². The van der Waals surface area contributed by atoms with Crippen LogP contribution in [-0.4, -0.2) is 131 Å². The van der Waals surface area contributed by atoms with E-state index in [9.17, 15) is 38.4 Å². The third-order valence-corrected chi connectivity index (χ3v) is 16.1. The molecule has 1 aliphatic heterocycles. The first-order valence-corrected chi connectivity index (χ1v) is 36.4. The van der Waals surface area contributed by atoms with Gasteiger partial charge in [0.05, 0.1) is 26.4 Å². The zero-order valence-corrected chi connectivity index (χ0v) is 58.1. The van der Waals surface area contributed by atoms with E-state index in [1.807, 2.05) is 0 Å². The molecule has 0 aromatic rings. The van der Waals surface area contributed by atoms with Crippen molar-refractivity contribution in [2.24, 2.45) is 5.41 Å². The number of esters is 7. The Bertz CT molecular complexity index is 1820. The van der Waals surface area contributed by atoms with Gasteiger partial charge in [0.25, 0.3) is 0 Å². The first-order valence-electron chi connectivity index (χ1n) is 36.4. The lowest BCUT2D eigenvalue weighted by Crippen LogP contribution is -2.44. The number of hydrogen-bond donors (Lipinski definition) is 0. The van der Waals surface area contributed by atoms with Crippen molar-refractivity contribution < 1.29 is 81.0 Å². The summed E-state index contributed by atoms with van der Waals surface area (Å²) >= 11 is 0. The van der Waals surface area contributed by atoms with E-state index >= 15 is 0 Å². The lowest BCUT2D eigenvalue weighted by Gasteiger charge is -2.31. The maximum atomic E-state index is 13.8. The second kappa shape index (κ2) is 61.9. The minimum Gasteiger partial charge on any atom is -0.465 e. The van der Waals surface area contributed by atoms with Gasteiger partial charge in [-0.1, -0.05) is 160 Å². The molecule has 92 heavy (non-hydrogen) atoms. The average molecular weight is 1300 g/mol. The number of likely N-dealkylation sites (tertiary alicyclic amines) is 1. The summed E-state index contributed by atoms with van der Waals surface area (Å²) < 4.78 is 50.9. The van der Waals surface area contributed by atoms with Gasteiger partial charge in [0, 0.05) is 51.5 Å². The molecule has 0 aromatic heterocycles. The van der Waals surface area contributed by atoms with Crippen LogP contribution in [0.25, 0.3) is 0 Å². The fourth-order valence-electron chi connectivity index (χ4n) is 10.3.